The van der Waals surface area contributed by atoms with Gasteiger partial charge in [-0.3, -0.25) is 9.78 Å². The molecule has 5 rings (SSSR count). The van der Waals surface area contributed by atoms with Gasteiger partial charge in [0.1, 0.15) is 23.7 Å². The number of pyridine rings is 1. The number of carbonyl (C=O) groups excluding carboxylic acids is 1. The van der Waals surface area contributed by atoms with Gasteiger partial charge in [0.15, 0.2) is 0 Å². The van der Waals surface area contributed by atoms with Crippen LogP contribution >= 0.6 is 0 Å². The van der Waals surface area contributed by atoms with Crippen molar-refractivity contribution in [2.24, 2.45) is 0 Å². The Morgan fingerprint density at radius 2 is 2.03 bits per heavy atom. The SMILES string of the molecule is CN(C)CCOc1cncc(Nc2ncc3c(n2)C(C)(C)Oc2cc(N4CCCC4=O)ccc2-3)c1. The third kappa shape index (κ3) is 4.77. The Balaban J connectivity index is 1.39. The zero-order valence-corrected chi connectivity index (χ0v) is 20.5. The van der Waals surface area contributed by atoms with Crippen LogP contribution in [0.4, 0.5) is 17.3 Å². The Bertz CT molecular complexity index is 1260. The van der Waals surface area contributed by atoms with E-state index in [0.717, 1.165) is 53.5 Å². The van der Waals surface area contributed by atoms with Gasteiger partial charge in [0, 0.05) is 54.7 Å². The van der Waals surface area contributed by atoms with Crippen molar-refractivity contribution >= 4 is 23.2 Å². The van der Waals surface area contributed by atoms with Gasteiger partial charge in [-0.1, -0.05) is 0 Å². The molecule has 2 aliphatic rings. The molecule has 1 N–H and O–H groups in total. The van der Waals surface area contributed by atoms with Crippen LogP contribution in [-0.4, -0.2) is 59.6 Å². The predicted octanol–water partition coefficient (Wildman–Crippen LogP) is 3.98. The van der Waals surface area contributed by atoms with Crippen molar-refractivity contribution in [2.45, 2.75) is 32.3 Å². The van der Waals surface area contributed by atoms with Gasteiger partial charge in [-0.25, -0.2) is 9.97 Å². The van der Waals surface area contributed by atoms with Crippen LogP contribution in [-0.2, 0) is 10.4 Å². The average Bonchev–Trinajstić information content (AvgIpc) is 3.24. The molecule has 0 radical (unpaired) electrons. The molecule has 1 fully saturated rings. The fourth-order valence-corrected chi connectivity index (χ4v) is 4.37. The number of hydrogen-bond acceptors (Lipinski definition) is 8. The number of nitrogens with zero attached hydrogens (tertiary/aromatic N) is 5. The fourth-order valence-electron chi connectivity index (χ4n) is 4.37. The summed E-state index contributed by atoms with van der Waals surface area (Å²) < 4.78 is 12.2. The van der Waals surface area contributed by atoms with E-state index in [1.54, 1.807) is 12.4 Å². The van der Waals surface area contributed by atoms with Gasteiger partial charge < -0.3 is 24.6 Å². The molecule has 1 saturated heterocycles. The number of anilines is 3. The minimum atomic E-state index is -0.676. The van der Waals surface area contributed by atoms with E-state index in [-0.39, 0.29) is 5.91 Å². The molecule has 9 nitrogen and oxygen atoms in total. The second-order valence-electron chi connectivity index (χ2n) is 9.58. The van der Waals surface area contributed by atoms with Crippen LogP contribution in [0.25, 0.3) is 11.1 Å². The number of amides is 1. The Morgan fingerprint density at radius 1 is 1.17 bits per heavy atom. The number of carbonyl (C=O) groups is 1. The quantitative estimate of drug-likeness (QED) is 0.550. The lowest BCUT2D eigenvalue weighted by Gasteiger charge is -2.34. The van der Waals surface area contributed by atoms with Crippen LogP contribution in [0.2, 0.25) is 0 Å². The van der Waals surface area contributed by atoms with Crippen LogP contribution in [0.3, 0.4) is 0 Å². The van der Waals surface area contributed by atoms with Gasteiger partial charge in [-0.05, 0) is 46.5 Å². The first-order valence-corrected chi connectivity index (χ1v) is 11.8. The number of hydrogen-bond donors (Lipinski definition) is 1. The van der Waals surface area contributed by atoms with Crippen molar-refractivity contribution in [1.82, 2.24) is 19.9 Å². The van der Waals surface area contributed by atoms with E-state index in [2.05, 4.69) is 20.2 Å². The monoisotopic (exact) mass is 474 g/mol. The average molecular weight is 475 g/mol. The van der Waals surface area contributed by atoms with E-state index in [1.165, 1.54) is 0 Å². The molecule has 0 bridgehead atoms. The van der Waals surface area contributed by atoms with E-state index >= 15 is 0 Å². The van der Waals surface area contributed by atoms with E-state index in [4.69, 9.17) is 14.5 Å². The maximum atomic E-state index is 12.2. The number of benzene rings is 1. The number of likely N-dealkylation sites (N-methyl/N-ethyl adjacent to an activating group) is 1. The lowest BCUT2D eigenvalue weighted by molar-refractivity contribution is -0.117. The second-order valence-corrected chi connectivity index (χ2v) is 9.58. The molecule has 182 valence electrons. The van der Waals surface area contributed by atoms with Gasteiger partial charge in [0.05, 0.1) is 23.8 Å². The zero-order chi connectivity index (χ0) is 24.6. The van der Waals surface area contributed by atoms with Crippen molar-refractivity contribution in [3.8, 4) is 22.6 Å². The van der Waals surface area contributed by atoms with Crippen LogP contribution in [0.15, 0.2) is 42.9 Å². The first-order chi connectivity index (χ1) is 16.8. The van der Waals surface area contributed by atoms with E-state index in [1.807, 2.05) is 63.3 Å². The van der Waals surface area contributed by atoms with E-state index < -0.39 is 5.60 Å². The largest absolute Gasteiger partial charge is 0.491 e. The summed E-state index contributed by atoms with van der Waals surface area (Å²) in [5.41, 5.74) is 3.55. The molecule has 0 aliphatic carbocycles. The molecular formula is C26H30N6O3. The van der Waals surface area contributed by atoms with Crippen molar-refractivity contribution in [1.29, 1.82) is 0 Å². The lowest BCUT2D eigenvalue weighted by Crippen LogP contribution is -2.31. The van der Waals surface area contributed by atoms with Crippen molar-refractivity contribution in [2.75, 3.05) is 44.0 Å². The zero-order valence-electron chi connectivity index (χ0n) is 20.5. The number of aromatic nitrogens is 3. The Morgan fingerprint density at radius 3 is 2.80 bits per heavy atom. The highest BCUT2D eigenvalue weighted by Crippen LogP contribution is 2.46. The van der Waals surface area contributed by atoms with Crippen molar-refractivity contribution in [3.63, 3.8) is 0 Å². The maximum absolute atomic E-state index is 12.2. The standard InChI is InChI=1S/C26H30N6O3/c1-26(2)24-21(20-8-7-18(13-22(20)35-26)32-9-5-6-23(32)33)16-28-25(30-24)29-17-12-19(15-27-14-17)34-11-10-31(3)4/h7-8,12-16H,5-6,9-11H2,1-4H3,(H,28,29,30). The van der Waals surface area contributed by atoms with Crippen LogP contribution in [0, 0.1) is 0 Å². The summed E-state index contributed by atoms with van der Waals surface area (Å²) in [7, 11) is 4.01. The molecule has 3 aromatic rings. The second kappa shape index (κ2) is 9.14. The molecule has 2 aliphatic heterocycles. The maximum Gasteiger partial charge on any atom is 0.227 e. The third-order valence-corrected chi connectivity index (χ3v) is 6.14. The Hall–Kier alpha value is -3.72. The summed E-state index contributed by atoms with van der Waals surface area (Å²) in [5.74, 6) is 2.02. The fraction of sp³-hybridized carbons (Fsp3) is 0.385. The summed E-state index contributed by atoms with van der Waals surface area (Å²) in [5, 5.41) is 3.23. The highest BCUT2D eigenvalue weighted by atomic mass is 16.5. The highest BCUT2D eigenvalue weighted by molar-refractivity contribution is 5.96. The topological polar surface area (TPSA) is 92.7 Å². The molecule has 1 amide bonds. The lowest BCUT2D eigenvalue weighted by atomic mass is 9.91. The molecule has 0 spiro atoms. The summed E-state index contributed by atoms with van der Waals surface area (Å²) >= 11 is 0. The molecule has 0 unspecified atom stereocenters. The number of fused-ring (bicyclic) bond motifs is 3. The summed E-state index contributed by atoms with van der Waals surface area (Å²) in [4.78, 5) is 29.7. The number of rotatable bonds is 7. The summed E-state index contributed by atoms with van der Waals surface area (Å²) in [6.07, 6.45) is 6.69. The Kier molecular flexibility index (Phi) is 6.02. The smallest absolute Gasteiger partial charge is 0.227 e. The van der Waals surface area contributed by atoms with Gasteiger partial charge in [0.2, 0.25) is 11.9 Å². The van der Waals surface area contributed by atoms with Gasteiger partial charge in [-0.15, -0.1) is 0 Å². The summed E-state index contributed by atoms with van der Waals surface area (Å²) in [6.45, 7) is 6.11. The highest BCUT2D eigenvalue weighted by Gasteiger charge is 2.35. The first kappa shape index (κ1) is 23.0. The summed E-state index contributed by atoms with van der Waals surface area (Å²) in [6, 6.07) is 7.78. The molecule has 35 heavy (non-hydrogen) atoms. The molecule has 0 atom stereocenters. The van der Waals surface area contributed by atoms with Gasteiger partial charge in [0.25, 0.3) is 0 Å². The first-order valence-electron chi connectivity index (χ1n) is 11.8. The van der Waals surface area contributed by atoms with Crippen LogP contribution < -0.4 is 19.7 Å². The van der Waals surface area contributed by atoms with Crippen LogP contribution in [0.1, 0.15) is 32.4 Å². The molecule has 4 heterocycles. The normalized spacial score (nSPS) is 16.0. The van der Waals surface area contributed by atoms with Gasteiger partial charge in [-0.2, -0.15) is 0 Å². The molecule has 1 aromatic carbocycles. The molecule has 0 saturated carbocycles. The minimum Gasteiger partial charge on any atom is -0.491 e. The minimum absolute atomic E-state index is 0.154. The molecule has 9 heteroatoms. The van der Waals surface area contributed by atoms with Crippen molar-refractivity contribution in [3.05, 3.63) is 48.5 Å². The van der Waals surface area contributed by atoms with E-state index in [0.29, 0.717) is 24.7 Å². The number of nitrogens with one attached hydrogen (secondary N) is 1. The molecule has 2 aromatic heterocycles. The van der Waals surface area contributed by atoms with Crippen molar-refractivity contribution < 1.29 is 14.3 Å². The van der Waals surface area contributed by atoms with Crippen LogP contribution in [0.5, 0.6) is 11.5 Å². The third-order valence-electron chi connectivity index (χ3n) is 6.14. The predicted molar refractivity (Wildman–Crippen MR) is 134 cm³/mol. The number of ether oxygens (including phenoxy) is 2. The Labute approximate surface area is 205 Å². The molecular weight excluding hydrogens is 444 g/mol. The van der Waals surface area contributed by atoms with E-state index in [9.17, 15) is 4.79 Å². The van der Waals surface area contributed by atoms with Gasteiger partial charge >= 0.3 is 0 Å².